The molecule has 0 bridgehead atoms. The van der Waals surface area contributed by atoms with E-state index in [4.69, 9.17) is 9.52 Å². The molecule has 0 spiro atoms. The third kappa shape index (κ3) is 2.64. The number of nitrogens with zero attached hydrogens (tertiary/aromatic N) is 1. The first-order valence-electron chi connectivity index (χ1n) is 5.51. The number of aromatic nitrogens is 1. The van der Waals surface area contributed by atoms with Gasteiger partial charge in [0, 0.05) is 6.07 Å². The summed E-state index contributed by atoms with van der Waals surface area (Å²) < 4.78 is 7.20. The number of aromatic hydroxyl groups is 1. The quantitative estimate of drug-likeness (QED) is 0.750. The molecule has 6 heteroatoms. The van der Waals surface area contributed by atoms with E-state index in [-0.39, 0.29) is 5.75 Å². The highest BCUT2D eigenvalue weighted by atomic mass is 32.2. The number of hydrogen-bond acceptors (Lipinski definition) is 6. The van der Waals surface area contributed by atoms with Gasteiger partial charge in [0.25, 0.3) is 0 Å². The lowest BCUT2D eigenvalue weighted by Gasteiger charge is -1.97. The number of fused-ring (bicyclic) bond motifs is 1. The summed E-state index contributed by atoms with van der Waals surface area (Å²) in [7, 11) is 0. The van der Waals surface area contributed by atoms with Crippen molar-refractivity contribution in [1.29, 1.82) is 0 Å². The van der Waals surface area contributed by atoms with Crippen molar-refractivity contribution < 1.29 is 9.52 Å². The fourth-order valence-electron chi connectivity index (χ4n) is 1.57. The van der Waals surface area contributed by atoms with Crippen LogP contribution in [0.3, 0.4) is 0 Å². The van der Waals surface area contributed by atoms with Gasteiger partial charge in [-0.15, -0.1) is 11.3 Å². The molecule has 0 saturated heterocycles. The molecule has 2 aromatic heterocycles. The normalized spacial score (nSPS) is 10.9. The van der Waals surface area contributed by atoms with Gasteiger partial charge in [-0.2, -0.15) is 0 Å². The predicted molar refractivity (Wildman–Crippen MR) is 75.8 cm³/mol. The van der Waals surface area contributed by atoms with E-state index in [1.165, 1.54) is 17.8 Å². The van der Waals surface area contributed by atoms with E-state index in [2.05, 4.69) is 4.98 Å². The first-order chi connectivity index (χ1) is 9.22. The number of thioether (sulfide) groups is 1. The second-order valence-corrected chi connectivity index (χ2v) is 6.09. The third-order valence-electron chi connectivity index (χ3n) is 2.48. The standard InChI is InChI=1S/C13H9NO3S2/c15-10-5-8(17-6-11(10)16)7-18-13-14-9-3-1-2-4-12(9)19-13/h1-6,16H,7H2. The van der Waals surface area contributed by atoms with Crippen LogP contribution in [0.2, 0.25) is 0 Å². The molecule has 0 atom stereocenters. The summed E-state index contributed by atoms with van der Waals surface area (Å²) >= 11 is 3.11. The van der Waals surface area contributed by atoms with Crippen LogP contribution in [0.1, 0.15) is 5.76 Å². The molecule has 0 saturated carbocycles. The maximum Gasteiger partial charge on any atom is 0.226 e. The van der Waals surface area contributed by atoms with Crippen LogP contribution in [-0.4, -0.2) is 10.1 Å². The number of thiazole rings is 1. The summed E-state index contributed by atoms with van der Waals surface area (Å²) in [6.45, 7) is 0. The van der Waals surface area contributed by atoms with Gasteiger partial charge in [-0.05, 0) is 12.1 Å². The lowest BCUT2D eigenvalue weighted by Crippen LogP contribution is -1.98. The molecule has 96 valence electrons. The van der Waals surface area contributed by atoms with E-state index in [1.54, 1.807) is 11.3 Å². The number of benzene rings is 1. The lowest BCUT2D eigenvalue weighted by atomic mass is 10.3. The van der Waals surface area contributed by atoms with Gasteiger partial charge in [-0.25, -0.2) is 4.98 Å². The molecule has 3 rings (SSSR count). The maximum absolute atomic E-state index is 11.3. The van der Waals surface area contributed by atoms with Gasteiger partial charge in [0.1, 0.15) is 12.0 Å². The highest BCUT2D eigenvalue weighted by Gasteiger charge is 2.06. The van der Waals surface area contributed by atoms with Crippen LogP contribution in [0.5, 0.6) is 5.75 Å². The Bertz CT molecular complexity index is 746. The summed E-state index contributed by atoms with van der Waals surface area (Å²) in [5.74, 6) is 0.663. The Morgan fingerprint density at radius 2 is 2.21 bits per heavy atom. The predicted octanol–water partition coefficient (Wildman–Crippen LogP) is 3.25. The van der Waals surface area contributed by atoms with E-state index in [9.17, 15) is 4.79 Å². The summed E-state index contributed by atoms with van der Waals surface area (Å²) in [6.07, 6.45) is 1.07. The van der Waals surface area contributed by atoms with Crippen molar-refractivity contribution in [3.63, 3.8) is 0 Å². The molecule has 4 nitrogen and oxygen atoms in total. The Labute approximate surface area is 116 Å². The Morgan fingerprint density at radius 3 is 3.00 bits per heavy atom. The van der Waals surface area contributed by atoms with Gasteiger partial charge < -0.3 is 9.52 Å². The smallest absolute Gasteiger partial charge is 0.226 e. The van der Waals surface area contributed by atoms with E-state index in [0.717, 1.165) is 20.8 Å². The van der Waals surface area contributed by atoms with Gasteiger partial charge in [-0.3, -0.25) is 4.79 Å². The van der Waals surface area contributed by atoms with Crippen molar-refractivity contribution in [2.24, 2.45) is 0 Å². The van der Waals surface area contributed by atoms with Crippen LogP contribution < -0.4 is 5.43 Å². The minimum absolute atomic E-state index is 0.367. The van der Waals surface area contributed by atoms with E-state index in [1.807, 2.05) is 24.3 Å². The SMILES string of the molecule is O=c1cc(CSc2nc3ccccc3s2)occ1O. The fourth-order valence-corrected chi connectivity index (χ4v) is 3.52. The highest BCUT2D eigenvalue weighted by Crippen LogP contribution is 2.31. The van der Waals surface area contributed by atoms with E-state index >= 15 is 0 Å². The average Bonchev–Trinajstić information content (AvgIpc) is 2.83. The van der Waals surface area contributed by atoms with Crippen molar-refractivity contribution in [3.05, 3.63) is 52.6 Å². The molecule has 3 aromatic rings. The zero-order chi connectivity index (χ0) is 13.2. The summed E-state index contributed by atoms with van der Waals surface area (Å²) in [6, 6.07) is 9.23. The molecule has 1 aromatic carbocycles. The molecule has 0 unspecified atom stereocenters. The molecule has 0 aliphatic heterocycles. The molecular formula is C13H9NO3S2. The Hall–Kier alpha value is -1.79. The van der Waals surface area contributed by atoms with Crippen molar-refractivity contribution in [1.82, 2.24) is 4.98 Å². The lowest BCUT2D eigenvalue weighted by molar-refractivity contribution is 0.419. The second kappa shape index (κ2) is 5.07. The monoisotopic (exact) mass is 291 g/mol. The van der Waals surface area contributed by atoms with Crippen LogP contribution >= 0.6 is 23.1 Å². The van der Waals surface area contributed by atoms with Gasteiger partial charge in [0.15, 0.2) is 10.1 Å². The second-order valence-electron chi connectivity index (χ2n) is 3.83. The molecule has 2 heterocycles. The Morgan fingerprint density at radius 1 is 1.37 bits per heavy atom. The van der Waals surface area contributed by atoms with Crippen molar-refractivity contribution in [2.75, 3.05) is 0 Å². The van der Waals surface area contributed by atoms with Crippen LogP contribution in [0, 0.1) is 0 Å². The fraction of sp³-hybridized carbons (Fsp3) is 0.0769. The average molecular weight is 291 g/mol. The number of hydrogen-bond donors (Lipinski definition) is 1. The van der Waals surface area contributed by atoms with Crippen LogP contribution in [0.25, 0.3) is 10.2 Å². The van der Waals surface area contributed by atoms with Crippen LogP contribution in [-0.2, 0) is 5.75 Å². The molecule has 0 fully saturated rings. The van der Waals surface area contributed by atoms with Crippen molar-refractivity contribution in [2.45, 2.75) is 10.1 Å². The zero-order valence-electron chi connectivity index (χ0n) is 9.70. The van der Waals surface area contributed by atoms with Crippen molar-refractivity contribution >= 4 is 33.3 Å². The number of rotatable bonds is 3. The van der Waals surface area contributed by atoms with Crippen LogP contribution in [0.15, 0.2) is 50.1 Å². The van der Waals surface area contributed by atoms with Gasteiger partial charge in [-0.1, -0.05) is 23.9 Å². The summed E-state index contributed by atoms with van der Waals surface area (Å²) in [4.78, 5) is 15.7. The van der Waals surface area contributed by atoms with Gasteiger partial charge >= 0.3 is 0 Å². The van der Waals surface area contributed by atoms with E-state index < -0.39 is 5.43 Å². The van der Waals surface area contributed by atoms with E-state index in [0.29, 0.717) is 11.5 Å². The first kappa shape index (κ1) is 12.3. The Kier molecular flexibility index (Phi) is 3.27. The van der Waals surface area contributed by atoms with Crippen LogP contribution in [0.4, 0.5) is 0 Å². The maximum atomic E-state index is 11.3. The number of para-hydroxylation sites is 1. The minimum atomic E-state index is -0.425. The summed E-state index contributed by atoms with van der Waals surface area (Å²) in [5, 5.41) is 9.10. The topological polar surface area (TPSA) is 63.3 Å². The molecule has 0 aliphatic carbocycles. The molecule has 1 N–H and O–H groups in total. The highest BCUT2D eigenvalue weighted by molar-refractivity contribution is 8.00. The summed E-state index contributed by atoms with van der Waals surface area (Å²) in [5.41, 5.74) is 0.549. The Balaban J connectivity index is 1.78. The molecule has 0 aliphatic rings. The largest absolute Gasteiger partial charge is 0.502 e. The first-order valence-corrected chi connectivity index (χ1v) is 7.31. The molecule has 19 heavy (non-hydrogen) atoms. The zero-order valence-corrected chi connectivity index (χ0v) is 11.3. The molecular weight excluding hydrogens is 282 g/mol. The van der Waals surface area contributed by atoms with Crippen molar-refractivity contribution in [3.8, 4) is 5.75 Å². The molecule has 0 amide bonds. The van der Waals surface area contributed by atoms with Gasteiger partial charge in [0.05, 0.1) is 16.0 Å². The third-order valence-corrected chi connectivity index (χ3v) is 4.68. The minimum Gasteiger partial charge on any atom is -0.502 e. The molecule has 0 radical (unpaired) electrons. The van der Waals surface area contributed by atoms with Gasteiger partial charge in [0.2, 0.25) is 5.43 Å².